The van der Waals surface area contributed by atoms with E-state index in [9.17, 15) is 0 Å². The Morgan fingerprint density at radius 3 is 1.01 bits per heavy atom. The summed E-state index contributed by atoms with van der Waals surface area (Å²) in [4.78, 5) is 35.9. The van der Waals surface area contributed by atoms with Gasteiger partial charge in [-0.3, -0.25) is 0 Å². The summed E-state index contributed by atoms with van der Waals surface area (Å²) in [6, 6.07) is 49.1. The van der Waals surface area contributed by atoms with Crippen molar-refractivity contribution in [3.8, 4) is 90.5 Å². The highest BCUT2D eigenvalue weighted by Crippen LogP contribution is 2.46. The molecule has 16 nitrogen and oxygen atoms in total. The number of unbranched alkanes of at least 4 members (excludes halogenated alkanes) is 3. The molecule has 0 saturated heterocycles. The van der Waals surface area contributed by atoms with Gasteiger partial charge < -0.3 is 57.8 Å². The maximum atomic E-state index is 6.96. The third-order valence-corrected chi connectivity index (χ3v) is 16.6. The second-order valence-electron chi connectivity index (χ2n) is 22.3. The average Bonchev–Trinajstić information content (AvgIpc) is 1.76. The van der Waals surface area contributed by atoms with Gasteiger partial charge in [0.15, 0.2) is 34.5 Å². The fraction of sp³-hybridized carbons (Fsp3) is 0.158. The number of H-pyrrole nitrogens is 4. The molecule has 0 aliphatic carbocycles. The smallest absolute Gasteiger partial charge is 0.203 e. The molecule has 0 unspecified atom stereocenters. The van der Waals surface area contributed by atoms with Crippen molar-refractivity contribution >= 4 is 92.7 Å². The van der Waals surface area contributed by atoms with Gasteiger partial charge in [-0.1, -0.05) is 60.7 Å². The van der Waals surface area contributed by atoms with Crippen molar-refractivity contribution in [1.82, 2.24) is 39.9 Å². The molecule has 4 N–H and O–H groups in total. The Hall–Kier alpha value is -11.5. The number of aromatic nitrogens is 8. The number of nitrogens with zero attached hydrogens (tertiary/aromatic N) is 4. The van der Waals surface area contributed by atoms with Crippen LogP contribution < -0.4 is 37.9 Å². The molecule has 6 aromatic heterocycles. The fourth-order valence-corrected chi connectivity index (χ4v) is 12.3. The molecule has 10 heterocycles. The van der Waals surface area contributed by atoms with Gasteiger partial charge in [0.05, 0.1) is 101 Å². The first-order chi connectivity index (χ1) is 45.3. The lowest BCUT2D eigenvalue weighted by molar-refractivity contribution is 0.289. The Morgan fingerprint density at radius 2 is 0.620 bits per heavy atom. The first kappa shape index (κ1) is 58.2. The fourth-order valence-electron chi connectivity index (χ4n) is 12.3. The predicted octanol–water partition coefficient (Wildman–Crippen LogP) is 17.4. The van der Waals surface area contributed by atoms with Crippen LogP contribution in [0, 0.1) is 0 Å². The Labute approximate surface area is 531 Å². The summed E-state index contributed by atoms with van der Waals surface area (Å²) in [5.41, 5.74) is 20.1. The molecule has 4 aromatic carbocycles. The van der Waals surface area contributed by atoms with Gasteiger partial charge in [0.25, 0.3) is 0 Å². The summed E-state index contributed by atoms with van der Waals surface area (Å²) in [7, 11) is 9.64. The Kier molecular flexibility index (Phi) is 16.1. The molecular formula is C76H66N8O8. The van der Waals surface area contributed by atoms with Crippen molar-refractivity contribution in [2.75, 3.05) is 55.9 Å². The molecule has 14 rings (SSSR count). The molecule has 0 fully saturated rings. The van der Waals surface area contributed by atoms with Gasteiger partial charge in [0, 0.05) is 55.4 Å². The van der Waals surface area contributed by atoms with Crippen molar-refractivity contribution < 1.29 is 37.9 Å². The van der Waals surface area contributed by atoms with Crippen LogP contribution in [0.2, 0.25) is 0 Å². The number of ether oxygens (including phenoxy) is 8. The van der Waals surface area contributed by atoms with Crippen LogP contribution in [-0.2, 0) is 0 Å². The largest absolute Gasteiger partial charge is 0.493 e. The van der Waals surface area contributed by atoms with Crippen molar-refractivity contribution in [2.45, 2.75) is 25.7 Å². The van der Waals surface area contributed by atoms with Crippen LogP contribution in [0.1, 0.15) is 71.2 Å². The van der Waals surface area contributed by atoms with Crippen LogP contribution in [0.4, 0.5) is 0 Å². The molecule has 4 aliphatic rings. The maximum absolute atomic E-state index is 6.96. The zero-order valence-electron chi connectivity index (χ0n) is 51.8. The number of aromatic amines is 4. The van der Waals surface area contributed by atoms with Gasteiger partial charge in [-0.2, -0.15) is 0 Å². The first-order valence-electron chi connectivity index (χ1n) is 30.5. The second-order valence-corrected chi connectivity index (χ2v) is 22.3. The minimum Gasteiger partial charge on any atom is -0.493 e. The molecule has 92 heavy (non-hydrogen) atoms. The normalized spacial score (nSPS) is 12.1. The van der Waals surface area contributed by atoms with Gasteiger partial charge in [-0.05, 0) is 181 Å². The summed E-state index contributed by atoms with van der Waals surface area (Å²) < 4.78 is 48.9. The summed E-state index contributed by atoms with van der Waals surface area (Å²) >= 11 is 0. The minimum absolute atomic E-state index is 0.409. The molecule has 0 saturated carbocycles. The van der Waals surface area contributed by atoms with Crippen molar-refractivity contribution in [2.24, 2.45) is 0 Å². The number of fused-ring (bicyclic) bond motifs is 16. The van der Waals surface area contributed by atoms with E-state index >= 15 is 0 Å². The number of hydrogen-bond acceptors (Lipinski definition) is 12. The monoisotopic (exact) mass is 1220 g/mol. The SMILES string of the molecule is COc1cc(-c2c3nc(c(OCCCCCCOc4c5nc(c(-c6ccccc6)c6ccc(cc7nc(c(-c8ccccc8)c8ccc4[nH]8)C=C7)[nH]6)C=C5)c4ccc([nH]4)c(-c4cc(OC)c(OC)c(OC)c4)c4nc(cc5ccc2[nH]5)C=C4)C=C3)cc(OC)c1OC. The van der Waals surface area contributed by atoms with Gasteiger partial charge in [0.1, 0.15) is 11.4 Å². The van der Waals surface area contributed by atoms with E-state index in [0.717, 1.165) is 148 Å². The molecule has 10 aromatic rings. The Bertz CT molecular complexity index is 4830. The Morgan fingerprint density at radius 1 is 0.283 bits per heavy atom. The van der Waals surface area contributed by atoms with Crippen molar-refractivity contribution in [1.29, 1.82) is 0 Å². The summed E-state index contributed by atoms with van der Waals surface area (Å²) in [5.74, 6) is 4.26. The van der Waals surface area contributed by atoms with E-state index in [1.54, 1.807) is 42.7 Å². The van der Waals surface area contributed by atoms with Crippen LogP contribution in [-0.4, -0.2) is 95.7 Å². The number of hydrogen-bond donors (Lipinski definition) is 4. The van der Waals surface area contributed by atoms with Crippen LogP contribution in [0.15, 0.2) is 146 Å². The van der Waals surface area contributed by atoms with Gasteiger partial charge >= 0.3 is 0 Å². The van der Waals surface area contributed by atoms with E-state index in [0.29, 0.717) is 70.6 Å². The number of methoxy groups -OCH3 is 6. The molecule has 16 bridgehead atoms. The van der Waals surface area contributed by atoms with Crippen LogP contribution in [0.3, 0.4) is 0 Å². The van der Waals surface area contributed by atoms with E-state index in [1.165, 1.54) is 0 Å². The van der Waals surface area contributed by atoms with Crippen molar-refractivity contribution in [3.05, 3.63) is 191 Å². The van der Waals surface area contributed by atoms with E-state index < -0.39 is 0 Å². The summed E-state index contributed by atoms with van der Waals surface area (Å²) in [5, 5.41) is 0. The lowest BCUT2D eigenvalue weighted by Crippen LogP contribution is -2.02. The third kappa shape index (κ3) is 11.4. The third-order valence-electron chi connectivity index (χ3n) is 16.6. The quantitative estimate of drug-likeness (QED) is 0.0562. The summed E-state index contributed by atoms with van der Waals surface area (Å²) in [6.07, 6.45) is 19.6. The molecule has 0 atom stereocenters. The lowest BCUT2D eigenvalue weighted by atomic mass is 10.0. The molecule has 4 aliphatic heterocycles. The maximum Gasteiger partial charge on any atom is 0.203 e. The number of nitrogens with one attached hydrogen (secondary N) is 4. The standard InChI is InChI=1S/C76H66N8O8/c1-85-65-39-47(40-66(86-2)75(65)89-5)71-55-27-23-51(79-55)44-52-24-28-56(80-52)72(48-41-67(87-3)76(90-6)68(42-48)88-4)60-32-36-64(84-60)74(63-35-31-59(71)83-63)92-38-16-8-7-15-37-91-73-61-33-29-57(81-61)69(45-17-11-9-12-18-45)53-25-21-49(77-53)43-50-22-26-54(78-50)70(46-19-13-10-14-20-46)58-30-34-62(73)82-58/h9-14,17-36,39-44,77,79,82,84H,7-8,15-16,37-38H2,1-6H3. The Balaban J connectivity index is 0.808. The zero-order chi connectivity index (χ0) is 62.7. The van der Waals surface area contributed by atoms with E-state index in [-0.39, 0.29) is 0 Å². The first-order valence-corrected chi connectivity index (χ1v) is 30.5. The molecule has 0 radical (unpaired) electrons. The average molecular weight is 1220 g/mol. The molecule has 0 spiro atoms. The molecule has 0 amide bonds. The van der Waals surface area contributed by atoms with Gasteiger partial charge in [-0.25, -0.2) is 19.9 Å². The van der Waals surface area contributed by atoms with Crippen LogP contribution in [0.5, 0.6) is 46.0 Å². The second kappa shape index (κ2) is 25.5. The molecular weight excluding hydrogens is 1150 g/mol. The van der Waals surface area contributed by atoms with Crippen LogP contribution >= 0.6 is 0 Å². The minimum atomic E-state index is 0.409. The van der Waals surface area contributed by atoms with Gasteiger partial charge in [0.2, 0.25) is 11.5 Å². The topological polar surface area (TPSA) is 189 Å². The van der Waals surface area contributed by atoms with Gasteiger partial charge in [-0.15, -0.1) is 0 Å². The van der Waals surface area contributed by atoms with Crippen molar-refractivity contribution in [3.63, 3.8) is 0 Å². The van der Waals surface area contributed by atoms with E-state index in [4.69, 9.17) is 57.8 Å². The van der Waals surface area contributed by atoms with E-state index in [2.05, 4.69) is 123 Å². The zero-order valence-corrected chi connectivity index (χ0v) is 51.8. The summed E-state index contributed by atoms with van der Waals surface area (Å²) in [6.45, 7) is 0.867. The highest BCUT2D eigenvalue weighted by atomic mass is 16.5. The highest BCUT2D eigenvalue weighted by molar-refractivity contribution is 5.97. The predicted molar refractivity (Wildman–Crippen MR) is 368 cm³/mol. The van der Waals surface area contributed by atoms with Crippen LogP contribution in [0.25, 0.3) is 137 Å². The highest BCUT2D eigenvalue weighted by Gasteiger charge is 2.23. The molecule has 16 heteroatoms. The molecule has 458 valence electrons. The van der Waals surface area contributed by atoms with E-state index in [1.807, 2.05) is 91.0 Å². The number of rotatable bonds is 19. The number of benzene rings is 4. The lowest BCUT2D eigenvalue weighted by Gasteiger charge is -2.15.